The van der Waals surface area contributed by atoms with Crippen LogP contribution in [0.5, 0.6) is 0 Å². The second-order valence-corrected chi connectivity index (χ2v) is 6.70. The van der Waals surface area contributed by atoms with Gasteiger partial charge in [-0.25, -0.2) is 8.42 Å². The lowest BCUT2D eigenvalue weighted by atomic mass is 10.2. The second kappa shape index (κ2) is 5.90. The number of rotatable bonds is 5. The van der Waals surface area contributed by atoms with Gasteiger partial charge in [0.1, 0.15) is 6.61 Å². The molecule has 1 aliphatic rings. The highest BCUT2D eigenvalue weighted by atomic mass is 32.2. The minimum absolute atomic E-state index is 0.0194. The van der Waals surface area contributed by atoms with E-state index in [9.17, 15) is 13.2 Å². The Morgan fingerprint density at radius 2 is 2.35 bits per heavy atom. The Labute approximate surface area is 117 Å². The van der Waals surface area contributed by atoms with Crippen LogP contribution in [0, 0.1) is 0 Å². The molecule has 2 rings (SSSR count). The van der Waals surface area contributed by atoms with Crippen molar-refractivity contribution < 1.29 is 17.9 Å². The zero-order valence-electron chi connectivity index (χ0n) is 11.4. The molecule has 1 N–H and O–H groups in total. The summed E-state index contributed by atoms with van der Waals surface area (Å²) in [6.45, 7) is 0.888. The van der Waals surface area contributed by atoms with Crippen LogP contribution < -0.4 is 5.32 Å². The molecule has 20 heavy (non-hydrogen) atoms. The molecule has 1 aliphatic heterocycles. The fourth-order valence-electron chi connectivity index (χ4n) is 2.17. The summed E-state index contributed by atoms with van der Waals surface area (Å²) >= 11 is 0. The third kappa shape index (κ3) is 3.35. The number of nitrogens with one attached hydrogen (secondary N) is 1. The zero-order valence-corrected chi connectivity index (χ0v) is 12.3. The summed E-state index contributed by atoms with van der Waals surface area (Å²) in [5.74, 6) is -0.238. The van der Waals surface area contributed by atoms with E-state index in [4.69, 9.17) is 4.74 Å². The van der Waals surface area contributed by atoms with Crippen molar-refractivity contribution in [2.45, 2.75) is 12.6 Å². The number of hydrogen-bond donors (Lipinski definition) is 1. The Hall–Kier alpha value is -1.45. The number of ether oxygens (including phenoxy) is 1. The van der Waals surface area contributed by atoms with E-state index < -0.39 is 10.0 Å². The summed E-state index contributed by atoms with van der Waals surface area (Å²) < 4.78 is 31.3. The highest BCUT2D eigenvalue weighted by Gasteiger charge is 2.30. The van der Waals surface area contributed by atoms with Gasteiger partial charge < -0.3 is 10.1 Å². The van der Waals surface area contributed by atoms with Gasteiger partial charge in [-0.2, -0.15) is 9.40 Å². The number of nitrogens with zero attached hydrogens (tertiary/aromatic N) is 3. The summed E-state index contributed by atoms with van der Waals surface area (Å²) in [4.78, 5) is 11.4. The molecular weight excluding hydrogens is 284 g/mol. The first-order valence-electron chi connectivity index (χ1n) is 6.15. The molecule has 0 aromatic carbocycles. The van der Waals surface area contributed by atoms with Crippen LogP contribution in [-0.4, -0.2) is 61.5 Å². The van der Waals surface area contributed by atoms with Gasteiger partial charge in [0.15, 0.2) is 0 Å². The third-order valence-corrected chi connectivity index (χ3v) is 4.35. The number of sulfonamides is 1. The molecule has 0 saturated heterocycles. The van der Waals surface area contributed by atoms with Gasteiger partial charge in [-0.05, 0) is 6.07 Å². The quantitative estimate of drug-likeness (QED) is 0.750. The van der Waals surface area contributed by atoms with Crippen LogP contribution >= 0.6 is 0 Å². The lowest BCUT2D eigenvalue weighted by molar-refractivity contribution is -0.124. The molecule has 0 aliphatic carbocycles. The van der Waals surface area contributed by atoms with Crippen molar-refractivity contribution in [3.63, 3.8) is 0 Å². The van der Waals surface area contributed by atoms with Crippen molar-refractivity contribution >= 4 is 15.9 Å². The van der Waals surface area contributed by atoms with Crippen molar-refractivity contribution in [2.24, 2.45) is 0 Å². The Balaban J connectivity index is 2.10. The summed E-state index contributed by atoms with van der Waals surface area (Å²) in [6, 6.07) is 1.56. The molecule has 1 amide bonds. The van der Waals surface area contributed by atoms with E-state index >= 15 is 0 Å². The van der Waals surface area contributed by atoms with Crippen LogP contribution in [0.25, 0.3) is 0 Å². The number of fused-ring (bicyclic) bond motifs is 1. The number of methoxy groups -OCH3 is 1. The molecule has 0 unspecified atom stereocenters. The van der Waals surface area contributed by atoms with E-state index in [1.807, 2.05) is 0 Å². The molecule has 0 bridgehead atoms. The lowest BCUT2D eigenvalue weighted by Crippen LogP contribution is -2.45. The monoisotopic (exact) mass is 302 g/mol. The highest BCUT2D eigenvalue weighted by Crippen LogP contribution is 2.21. The van der Waals surface area contributed by atoms with E-state index in [1.165, 1.54) is 17.7 Å². The van der Waals surface area contributed by atoms with Crippen LogP contribution in [0.3, 0.4) is 0 Å². The van der Waals surface area contributed by atoms with Gasteiger partial charge >= 0.3 is 0 Å². The second-order valence-electron chi connectivity index (χ2n) is 4.71. The highest BCUT2D eigenvalue weighted by molar-refractivity contribution is 7.88. The first-order valence-corrected chi connectivity index (χ1v) is 8.00. The average Bonchev–Trinajstić information content (AvgIpc) is 2.83. The molecule has 0 spiro atoms. The molecule has 1 atom stereocenters. The first kappa shape index (κ1) is 14.9. The molecule has 112 valence electrons. The molecule has 0 fully saturated rings. The molecular formula is C11H18N4O4S. The topological polar surface area (TPSA) is 93.5 Å². The SMILES string of the molecule is COCC(=O)NC[C@H]1CN(S(C)(=O)=O)Cc2ccnn21. The first-order chi connectivity index (χ1) is 9.41. The van der Waals surface area contributed by atoms with Gasteiger partial charge in [-0.1, -0.05) is 0 Å². The van der Waals surface area contributed by atoms with Crippen molar-refractivity contribution in [2.75, 3.05) is 33.1 Å². The van der Waals surface area contributed by atoms with Crippen LogP contribution in [0.15, 0.2) is 12.3 Å². The van der Waals surface area contributed by atoms with Gasteiger partial charge in [-0.3, -0.25) is 9.48 Å². The maximum Gasteiger partial charge on any atom is 0.246 e. The van der Waals surface area contributed by atoms with Crippen molar-refractivity contribution in [1.29, 1.82) is 0 Å². The Morgan fingerprint density at radius 3 is 3.00 bits per heavy atom. The standard InChI is InChI=1S/C11H18N4O4S/c1-19-8-11(16)12-5-10-7-14(20(2,17)18)6-9-3-4-13-15(9)10/h3-4,10H,5-8H2,1-2H3,(H,12,16)/t10-/m0/s1. The minimum atomic E-state index is -3.27. The Kier molecular flexibility index (Phi) is 4.41. The van der Waals surface area contributed by atoms with Crippen LogP contribution in [0.4, 0.5) is 0 Å². The van der Waals surface area contributed by atoms with Gasteiger partial charge in [0, 0.05) is 26.4 Å². The maximum atomic E-state index is 11.7. The molecule has 2 heterocycles. The Morgan fingerprint density at radius 1 is 1.60 bits per heavy atom. The number of amides is 1. The lowest BCUT2D eigenvalue weighted by Gasteiger charge is -2.32. The van der Waals surface area contributed by atoms with Crippen molar-refractivity contribution in [3.05, 3.63) is 18.0 Å². The minimum Gasteiger partial charge on any atom is -0.375 e. The van der Waals surface area contributed by atoms with Gasteiger partial charge in [0.25, 0.3) is 0 Å². The Bertz CT molecular complexity index is 583. The fourth-order valence-corrected chi connectivity index (χ4v) is 2.98. The fraction of sp³-hybridized carbons (Fsp3) is 0.636. The predicted molar refractivity (Wildman–Crippen MR) is 71.4 cm³/mol. The smallest absolute Gasteiger partial charge is 0.246 e. The summed E-state index contributed by atoms with van der Waals surface area (Å²) in [5.41, 5.74) is 0.813. The maximum absolute atomic E-state index is 11.7. The molecule has 1 aromatic heterocycles. The summed E-state index contributed by atoms with van der Waals surface area (Å²) in [7, 11) is -1.83. The van der Waals surface area contributed by atoms with Crippen molar-refractivity contribution in [3.8, 4) is 0 Å². The number of carbonyl (C=O) groups excluding carboxylic acids is 1. The van der Waals surface area contributed by atoms with E-state index in [1.54, 1.807) is 16.9 Å². The van der Waals surface area contributed by atoms with Crippen molar-refractivity contribution in [1.82, 2.24) is 19.4 Å². The third-order valence-electron chi connectivity index (χ3n) is 3.13. The van der Waals surface area contributed by atoms with Gasteiger partial charge in [0.2, 0.25) is 15.9 Å². The zero-order chi connectivity index (χ0) is 14.8. The van der Waals surface area contributed by atoms with E-state index in [0.717, 1.165) is 5.69 Å². The van der Waals surface area contributed by atoms with Gasteiger partial charge in [-0.15, -0.1) is 0 Å². The van der Waals surface area contributed by atoms with Crippen LogP contribution in [0.2, 0.25) is 0 Å². The normalized spacial score (nSPS) is 19.6. The van der Waals surface area contributed by atoms with Gasteiger partial charge in [0.05, 0.1) is 24.5 Å². The summed E-state index contributed by atoms with van der Waals surface area (Å²) in [6.07, 6.45) is 2.81. The van der Waals surface area contributed by atoms with Crippen LogP contribution in [0.1, 0.15) is 11.7 Å². The molecule has 1 aromatic rings. The van der Waals surface area contributed by atoms with E-state index in [0.29, 0.717) is 19.6 Å². The molecule has 0 radical (unpaired) electrons. The number of carbonyl (C=O) groups is 1. The molecule has 0 saturated carbocycles. The largest absolute Gasteiger partial charge is 0.375 e. The van der Waals surface area contributed by atoms with E-state index in [-0.39, 0.29) is 18.6 Å². The predicted octanol–water partition coefficient (Wildman–Crippen LogP) is -1.04. The number of aromatic nitrogens is 2. The number of hydrogen-bond acceptors (Lipinski definition) is 5. The van der Waals surface area contributed by atoms with E-state index in [2.05, 4.69) is 10.4 Å². The molecule has 8 nitrogen and oxygen atoms in total. The summed E-state index contributed by atoms with van der Waals surface area (Å²) in [5, 5.41) is 6.90. The molecule has 9 heteroatoms. The van der Waals surface area contributed by atoms with Crippen LogP contribution in [-0.2, 0) is 26.1 Å². The average molecular weight is 302 g/mol.